The molecular formula is C15H15N3O3S. The Hall–Kier alpha value is -2.25. The summed E-state index contributed by atoms with van der Waals surface area (Å²) in [6.45, 7) is 2.05. The fourth-order valence-electron chi connectivity index (χ4n) is 1.86. The molecule has 0 radical (unpaired) electrons. The van der Waals surface area contributed by atoms with Crippen molar-refractivity contribution in [3.05, 3.63) is 47.6 Å². The zero-order chi connectivity index (χ0) is 15.4. The number of hydrogen-bond donors (Lipinski definition) is 0. The van der Waals surface area contributed by atoms with Gasteiger partial charge in [0.05, 0.1) is 5.56 Å². The molecular weight excluding hydrogens is 302 g/mol. The SMILES string of the molecule is CO[C@H](C)c1noc(COc2ccccc2-c2nccs2)n1. The Morgan fingerprint density at radius 2 is 2.18 bits per heavy atom. The van der Waals surface area contributed by atoms with Crippen LogP contribution in [0.3, 0.4) is 0 Å². The summed E-state index contributed by atoms with van der Waals surface area (Å²) in [6, 6.07) is 7.74. The number of nitrogens with zero attached hydrogens (tertiary/aromatic N) is 3. The number of methoxy groups -OCH3 is 1. The molecule has 7 heteroatoms. The number of thiazole rings is 1. The minimum Gasteiger partial charge on any atom is -0.483 e. The van der Waals surface area contributed by atoms with Gasteiger partial charge in [0.1, 0.15) is 16.9 Å². The molecule has 2 aromatic heterocycles. The zero-order valence-electron chi connectivity index (χ0n) is 12.2. The van der Waals surface area contributed by atoms with Gasteiger partial charge in [-0.2, -0.15) is 4.98 Å². The van der Waals surface area contributed by atoms with Crippen LogP contribution in [-0.4, -0.2) is 22.2 Å². The third-order valence-corrected chi connectivity index (χ3v) is 3.91. The van der Waals surface area contributed by atoms with E-state index in [1.165, 1.54) is 0 Å². The van der Waals surface area contributed by atoms with Gasteiger partial charge in [0.25, 0.3) is 5.89 Å². The normalized spacial score (nSPS) is 12.3. The minimum absolute atomic E-state index is 0.200. The van der Waals surface area contributed by atoms with E-state index in [0.717, 1.165) is 16.3 Å². The van der Waals surface area contributed by atoms with Gasteiger partial charge in [0.15, 0.2) is 12.4 Å². The first-order valence-corrected chi connectivity index (χ1v) is 7.63. The standard InChI is InChI=1S/C15H15N3O3S/c1-10(19-2)14-17-13(21-18-14)9-20-12-6-4-3-5-11(12)15-16-7-8-22-15/h3-8,10H,9H2,1-2H3/t10-/m1/s1. The number of ether oxygens (including phenoxy) is 2. The minimum atomic E-state index is -0.208. The van der Waals surface area contributed by atoms with Crippen LogP contribution in [0.2, 0.25) is 0 Å². The molecule has 6 nitrogen and oxygen atoms in total. The first kappa shape index (κ1) is 14.7. The van der Waals surface area contributed by atoms with E-state index in [1.807, 2.05) is 36.6 Å². The average Bonchev–Trinajstić information content (AvgIpc) is 3.24. The van der Waals surface area contributed by atoms with Crippen LogP contribution in [-0.2, 0) is 11.3 Å². The van der Waals surface area contributed by atoms with Crippen molar-refractivity contribution in [2.75, 3.05) is 7.11 Å². The van der Waals surface area contributed by atoms with E-state index < -0.39 is 0 Å². The molecule has 0 N–H and O–H groups in total. The smallest absolute Gasteiger partial charge is 0.264 e. The highest BCUT2D eigenvalue weighted by molar-refractivity contribution is 7.13. The van der Waals surface area contributed by atoms with Crippen molar-refractivity contribution in [2.45, 2.75) is 19.6 Å². The van der Waals surface area contributed by atoms with Crippen molar-refractivity contribution >= 4 is 11.3 Å². The van der Waals surface area contributed by atoms with Crippen LogP contribution in [0, 0.1) is 0 Å². The van der Waals surface area contributed by atoms with E-state index in [1.54, 1.807) is 24.6 Å². The van der Waals surface area contributed by atoms with Gasteiger partial charge in [-0.25, -0.2) is 4.98 Å². The maximum Gasteiger partial charge on any atom is 0.264 e. The fraction of sp³-hybridized carbons (Fsp3) is 0.267. The molecule has 0 unspecified atom stereocenters. The largest absolute Gasteiger partial charge is 0.483 e. The molecule has 1 aromatic carbocycles. The van der Waals surface area contributed by atoms with Gasteiger partial charge in [-0.3, -0.25) is 0 Å². The van der Waals surface area contributed by atoms with Crippen LogP contribution in [0.1, 0.15) is 24.7 Å². The Morgan fingerprint density at radius 1 is 1.32 bits per heavy atom. The lowest BCUT2D eigenvalue weighted by Gasteiger charge is -2.07. The lowest BCUT2D eigenvalue weighted by atomic mass is 10.2. The quantitative estimate of drug-likeness (QED) is 0.693. The molecule has 0 saturated carbocycles. The van der Waals surface area contributed by atoms with Crippen molar-refractivity contribution in [1.82, 2.24) is 15.1 Å². The van der Waals surface area contributed by atoms with Gasteiger partial charge in [-0.15, -0.1) is 11.3 Å². The van der Waals surface area contributed by atoms with E-state index >= 15 is 0 Å². The van der Waals surface area contributed by atoms with Crippen LogP contribution < -0.4 is 4.74 Å². The second-order valence-corrected chi connectivity index (χ2v) is 5.44. The molecule has 114 valence electrons. The Kier molecular flexibility index (Phi) is 4.45. The van der Waals surface area contributed by atoms with Gasteiger partial charge in [-0.05, 0) is 19.1 Å². The van der Waals surface area contributed by atoms with Gasteiger partial charge in [-0.1, -0.05) is 17.3 Å². The predicted molar refractivity (Wildman–Crippen MR) is 81.6 cm³/mol. The predicted octanol–water partition coefficient (Wildman–Crippen LogP) is 3.48. The number of para-hydroxylation sites is 1. The highest BCUT2D eigenvalue weighted by Gasteiger charge is 2.14. The number of hydrogen-bond acceptors (Lipinski definition) is 7. The second-order valence-electron chi connectivity index (χ2n) is 4.55. The first-order valence-electron chi connectivity index (χ1n) is 6.75. The highest BCUT2D eigenvalue weighted by atomic mass is 32.1. The Morgan fingerprint density at radius 3 is 2.95 bits per heavy atom. The van der Waals surface area contributed by atoms with Gasteiger partial charge in [0, 0.05) is 18.7 Å². The number of benzene rings is 1. The summed E-state index contributed by atoms with van der Waals surface area (Å²) in [6.07, 6.45) is 1.56. The lowest BCUT2D eigenvalue weighted by molar-refractivity contribution is 0.109. The first-order chi connectivity index (χ1) is 10.8. The van der Waals surface area contributed by atoms with Crippen molar-refractivity contribution in [3.63, 3.8) is 0 Å². The lowest BCUT2D eigenvalue weighted by Crippen LogP contribution is -2.00. The molecule has 0 aliphatic carbocycles. The third kappa shape index (κ3) is 3.15. The molecule has 0 aliphatic heterocycles. The monoisotopic (exact) mass is 317 g/mol. The summed E-state index contributed by atoms with van der Waals surface area (Å²) in [5.74, 6) is 1.65. The van der Waals surface area contributed by atoms with E-state index in [0.29, 0.717) is 11.7 Å². The van der Waals surface area contributed by atoms with E-state index in [2.05, 4.69) is 15.1 Å². The van der Waals surface area contributed by atoms with Crippen LogP contribution in [0.5, 0.6) is 5.75 Å². The van der Waals surface area contributed by atoms with E-state index in [4.69, 9.17) is 14.0 Å². The molecule has 0 spiro atoms. The van der Waals surface area contributed by atoms with Crippen molar-refractivity contribution in [2.24, 2.45) is 0 Å². The summed E-state index contributed by atoms with van der Waals surface area (Å²) in [7, 11) is 1.60. The van der Waals surface area contributed by atoms with Crippen molar-refractivity contribution in [1.29, 1.82) is 0 Å². The van der Waals surface area contributed by atoms with E-state index in [9.17, 15) is 0 Å². The fourth-order valence-corrected chi connectivity index (χ4v) is 2.53. The summed E-state index contributed by atoms with van der Waals surface area (Å²) in [4.78, 5) is 8.56. The average molecular weight is 317 g/mol. The maximum atomic E-state index is 5.80. The zero-order valence-corrected chi connectivity index (χ0v) is 13.0. The Balaban J connectivity index is 1.73. The molecule has 3 aromatic rings. The summed E-state index contributed by atoms with van der Waals surface area (Å²) >= 11 is 1.56. The van der Waals surface area contributed by atoms with Crippen LogP contribution in [0.4, 0.5) is 0 Å². The number of aromatic nitrogens is 3. The molecule has 3 rings (SSSR count). The summed E-state index contributed by atoms with van der Waals surface area (Å²) in [5.41, 5.74) is 0.947. The third-order valence-electron chi connectivity index (χ3n) is 3.10. The van der Waals surface area contributed by atoms with Crippen molar-refractivity contribution in [3.8, 4) is 16.3 Å². The topological polar surface area (TPSA) is 70.3 Å². The number of rotatable bonds is 6. The van der Waals surface area contributed by atoms with Gasteiger partial charge >= 0.3 is 0 Å². The molecule has 22 heavy (non-hydrogen) atoms. The molecule has 2 heterocycles. The van der Waals surface area contributed by atoms with Crippen LogP contribution >= 0.6 is 11.3 Å². The summed E-state index contributed by atoms with van der Waals surface area (Å²) in [5, 5.41) is 6.72. The van der Waals surface area contributed by atoms with Crippen LogP contribution in [0.25, 0.3) is 10.6 Å². The highest BCUT2D eigenvalue weighted by Crippen LogP contribution is 2.31. The molecule has 1 atom stereocenters. The molecule has 0 aliphatic rings. The van der Waals surface area contributed by atoms with Gasteiger partial charge < -0.3 is 14.0 Å². The van der Waals surface area contributed by atoms with E-state index in [-0.39, 0.29) is 12.7 Å². The summed E-state index contributed by atoms with van der Waals surface area (Å²) < 4.78 is 16.1. The maximum absolute atomic E-state index is 5.80. The molecule has 0 bridgehead atoms. The van der Waals surface area contributed by atoms with Gasteiger partial charge in [0.2, 0.25) is 0 Å². The van der Waals surface area contributed by atoms with Crippen molar-refractivity contribution < 1.29 is 14.0 Å². The molecule has 0 amide bonds. The Labute approximate surface area is 131 Å². The molecule has 0 fully saturated rings. The second kappa shape index (κ2) is 6.67. The van der Waals surface area contributed by atoms with Crippen LogP contribution in [0.15, 0.2) is 40.4 Å². The Bertz CT molecular complexity index is 727. The molecule has 0 saturated heterocycles.